The van der Waals surface area contributed by atoms with E-state index >= 15 is 0 Å². The fourth-order valence-corrected chi connectivity index (χ4v) is 2.33. The summed E-state index contributed by atoms with van der Waals surface area (Å²) < 4.78 is 20.1. The maximum absolute atomic E-state index is 13.9. The molecule has 4 aromatic rings. The smallest absolute Gasteiger partial charge is 0.223 e. The predicted molar refractivity (Wildman–Crippen MR) is 88.4 cm³/mol. The third-order valence-electron chi connectivity index (χ3n) is 3.55. The van der Waals surface area contributed by atoms with E-state index in [1.54, 1.807) is 48.9 Å². The maximum atomic E-state index is 13.9. The van der Waals surface area contributed by atoms with Gasteiger partial charge in [0.05, 0.1) is 18.4 Å². The second-order valence-electron chi connectivity index (χ2n) is 5.23. The van der Waals surface area contributed by atoms with Gasteiger partial charge in [-0.3, -0.25) is 0 Å². The molecule has 3 heterocycles. The highest BCUT2D eigenvalue weighted by Crippen LogP contribution is 2.20. The number of benzene rings is 1. The van der Waals surface area contributed by atoms with Gasteiger partial charge in [-0.05, 0) is 18.2 Å². The molecular formula is C17H13FN6O. The number of hydrogen-bond acceptors (Lipinski definition) is 6. The molecule has 0 aliphatic heterocycles. The van der Waals surface area contributed by atoms with Crippen LogP contribution in [0.3, 0.4) is 0 Å². The first kappa shape index (κ1) is 15.0. The molecule has 0 saturated heterocycles. The topological polar surface area (TPSA) is 81.7 Å². The van der Waals surface area contributed by atoms with Gasteiger partial charge in [0.2, 0.25) is 5.95 Å². The Labute approximate surface area is 142 Å². The lowest BCUT2D eigenvalue weighted by Gasteiger charge is -2.04. The Kier molecular flexibility index (Phi) is 3.91. The molecule has 0 amide bonds. The van der Waals surface area contributed by atoms with Crippen LogP contribution in [0.15, 0.2) is 65.8 Å². The summed E-state index contributed by atoms with van der Waals surface area (Å²) in [4.78, 5) is 8.62. The molecule has 1 N–H and O–H groups in total. The molecule has 7 nitrogen and oxygen atoms in total. The van der Waals surface area contributed by atoms with Gasteiger partial charge in [-0.15, -0.1) is 0 Å². The first-order valence-corrected chi connectivity index (χ1v) is 7.56. The molecule has 0 radical (unpaired) electrons. The third kappa shape index (κ3) is 3.23. The van der Waals surface area contributed by atoms with Crippen LogP contribution in [0.4, 0.5) is 10.3 Å². The van der Waals surface area contributed by atoms with E-state index < -0.39 is 0 Å². The SMILES string of the molecule is Fc1ccccc1-n1cc(-c2ccnc(NCc3ccon3)n2)cn1. The molecule has 8 heteroatoms. The van der Waals surface area contributed by atoms with Crippen molar-refractivity contribution in [2.45, 2.75) is 6.54 Å². The van der Waals surface area contributed by atoms with Crippen LogP contribution in [-0.4, -0.2) is 24.9 Å². The maximum Gasteiger partial charge on any atom is 0.223 e. The minimum atomic E-state index is -0.338. The third-order valence-corrected chi connectivity index (χ3v) is 3.55. The highest BCUT2D eigenvalue weighted by atomic mass is 19.1. The molecule has 0 saturated carbocycles. The number of halogens is 1. The number of anilines is 1. The van der Waals surface area contributed by atoms with Crippen LogP contribution in [0.2, 0.25) is 0 Å². The summed E-state index contributed by atoms with van der Waals surface area (Å²) in [5.41, 5.74) is 2.57. The average molecular weight is 336 g/mol. The number of aromatic nitrogens is 5. The van der Waals surface area contributed by atoms with Crippen LogP contribution >= 0.6 is 0 Å². The second kappa shape index (κ2) is 6.52. The van der Waals surface area contributed by atoms with E-state index in [1.807, 2.05) is 0 Å². The molecule has 25 heavy (non-hydrogen) atoms. The normalized spacial score (nSPS) is 10.8. The summed E-state index contributed by atoms with van der Waals surface area (Å²) in [5, 5.41) is 11.1. The van der Waals surface area contributed by atoms with E-state index in [4.69, 9.17) is 4.52 Å². The lowest BCUT2D eigenvalue weighted by Crippen LogP contribution is -2.04. The number of nitrogens with zero attached hydrogens (tertiary/aromatic N) is 5. The molecule has 0 spiro atoms. The van der Waals surface area contributed by atoms with Crippen molar-refractivity contribution in [2.75, 3.05) is 5.32 Å². The Morgan fingerprint density at radius 3 is 2.92 bits per heavy atom. The molecule has 0 bridgehead atoms. The van der Waals surface area contributed by atoms with Crippen molar-refractivity contribution in [3.05, 3.63) is 72.8 Å². The Bertz CT molecular complexity index is 982. The summed E-state index contributed by atoms with van der Waals surface area (Å²) in [6.07, 6.45) is 6.51. The lowest BCUT2D eigenvalue weighted by molar-refractivity contribution is 0.412. The minimum absolute atomic E-state index is 0.338. The van der Waals surface area contributed by atoms with Crippen molar-refractivity contribution in [1.29, 1.82) is 0 Å². The summed E-state index contributed by atoms with van der Waals surface area (Å²) in [7, 11) is 0. The van der Waals surface area contributed by atoms with Crippen molar-refractivity contribution in [1.82, 2.24) is 24.9 Å². The van der Waals surface area contributed by atoms with E-state index in [0.29, 0.717) is 23.9 Å². The average Bonchev–Trinajstić information content (AvgIpc) is 3.33. The van der Waals surface area contributed by atoms with Gasteiger partial charge in [-0.2, -0.15) is 5.10 Å². The van der Waals surface area contributed by atoms with Gasteiger partial charge in [0.1, 0.15) is 23.5 Å². The number of hydrogen-bond donors (Lipinski definition) is 1. The molecule has 3 aromatic heterocycles. The van der Waals surface area contributed by atoms with E-state index in [9.17, 15) is 4.39 Å². The Morgan fingerprint density at radius 1 is 1.16 bits per heavy atom. The van der Waals surface area contributed by atoms with Gasteiger partial charge in [-0.1, -0.05) is 17.3 Å². The van der Waals surface area contributed by atoms with Crippen molar-refractivity contribution in [3.8, 4) is 16.9 Å². The van der Waals surface area contributed by atoms with Crippen LogP contribution in [-0.2, 0) is 6.54 Å². The lowest BCUT2D eigenvalue weighted by atomic mass is 10.2. The molecule has 0 aliphatic rings. The van der Waals surface area contributed by atoms with Crippen LogP contribution in [0, 0.1) is 5.82 Å². The van der Waals surface area contributed by atoms with Crippen LogP contribution in [0.1, 0.15) is 5.69 Å². The van der Waals surface area contributed by atoms with Gasteiger partial charge in [0, 0.05) is 24.0 Å². The van der Waals surface area contributed by atoms with E-state index in [0.717, 1.165) is 11.3 Å². The molecule has 0 unspecified atom stereocenters. The largest absolute Gasteiger partial charge is 0.364 e. The minimum Gasteiger partial charge on any atom is -0.364 e. The summed E-state index contributed by atoms with van der Waals surface area (Å²) >= 11 is 0. The molecule has 0 fully saturated rings. The zero-order chi connectivity index (χ0) is 17.1. The van der Waals surface area contributed by atoms with Crippen molar-refractivity contribution in [3.63, 3.8) is 0 Å². The number of nitrogens with one attached hydrogen (secondary N) is 1. The fourth-order valence-electron chi connectivity index (χ4n) is 2.33. The first-order valence-electron chi connectivity index (χ1n) is 7.56. The van der Waals surface area contributed by atoms with Crippen molar-refractivity contribution < 1.29 is 8.91 Å². The standard InChI is InChI=1S/C17H13FN6O/c18-14-3-1-2-4-16(14)24-11-12(9-21-24)15-5-7-19-17(22-15)20-10-13-6-8-25-23-13/h1-9,11H,10H2,(H,19,20,22). The van der Waals surface area contributed by atoms with Gasteiger partial charge < -0.3 is 9.84 Å². The summed E-state index contributed by atoms with van der Waals surface area (Å²) in [6, 6.07) is 9.99. The second-order valence-corrected chi connectivity index (χ2v) is 5.23. The summed E-state index contributed by atoms with van der Waals surface area (Å²) in [6.45, 7) is 0.453. The molecule has 4 rings (SSSR count). The Balaban J connectivity index is 1.56. The molecule has 124 valence electrons. The Morgan fingerprint density at radius 2 is 2.08 bits per heavy atom. The monoisotopic (exact) mass is 336 g/mol. The van der Waals surface area contributed by atoms with Crippen molar-refractivity contribution in [2.24, 2.45) is 0 Å². The fraction of sp³-hybridized carbons (Fsp3) is 0.0588. The van der Waals surface area contributed by atoms with Gasteiger partial charge in [0.15, 0.2) is 0 Å². The van der Waals surface area contributed by atoms with E-state index in [-0.39, 0.29) is 5.82 Å². The molecular weight excluding hydrogens is 323 g/mol. The van der Waals surface area contributed by atoms with Gasteiger partial charge in [0.25, 0.3) is 0 Å². The predicted octanol–water partition coefficient (Wildman–Crippen LogP) is 3.07. The Hall–Kier alpha value is -3.55. The van der Waals surface area contributed by atoms with E-state index in [1.165, 1.54) is 17.0 Å². The number of para-hydroxylation sites is 1. The summed E-state index contributed by atoms with van der Waals surface area (Å²) in [5.74, 6) is 0.119. The van der Waals surface area contributed by atoms with Crippen LogP contribution in [0.5, 0.6) is 0 Å². The van der Waals surface area contributed by atoms with E-state index in [2.05, 4.69) is 25.5 Å². The van der Waals surface area contributed by atoms with Gasteiger partial charge >= 0.3 is 0 Å². The van der Waals surface area contributed by atoms with Crippen LogP contribution in [0.25, 0.3) is 16.9 Å². The quantitative estimate of drug-likeness (QED) is 0.603. The molecule has 1 aromatic carbocycles. The van der Waals surface area contributed by atoms with Gasteiger partial charge in [-0.25, -0.2) is 19.0 Å². The van der Waals surface area contributed by atoms with Crippen LogP contribution < -0.4 is 5.32 Å². The zero-order valence-electron chi connectivity index (χ0n) is 13.0. The molecule has 0 atom stereocenters. The highest BCUT2D eigenvalue weighted by Gasteiger charge is 2.09. The number of rotatable bonds is 5. The first-order chi connectivity index (χ1) is 12.3. The molecule has 0 aliphatic carbocycles. The zero-order valence-corrected chi connectivity index (χ0v) is 13.0. The van der Waals surface area contributed by atoms with Crippen molar-refractivity contribution >= 4 is 5.95 Å². The highest BCUT2D eigenvalue weighted by molar-refractivity contribution is 5.58.